The van der Waals surface area contributed by atoms with Crippen LogP contribution in [-0.4, -0.2) is 51.6 Å². The van der Waals surface area contributed by atoms with Crippen molar-refractivity contribution in [1.82, 2.24) is 9.88 Å². The monoisotopic (exact) mass is 294 g/mol. The zero-order chi connectivity index (χ0) is 15.6. The van der Waals surface area contributed by atoms with Crippen LogP contribution in [0.1, 0.15) is 30.1 Å². The Labute approximate surface area is 121 Å². The fourth-order valence-electron chi connectivity index (χ4n) is 2.47. The highest BCUT2D eigenvalue weighted by atomic mass is 16.6. The van der Waals surface area contributed by atoms with Gasteiger partial charge in [0.25, 0.3) is 11.6 Å². The number of rotatable bonds is 3. The van der Waals surface area contributed by atoms with E-state index >= 15 is 0 Å². The number of hydrogen-bond donors (Lipinski definition) is 2. The average Bonchev–Trinajstić information content (AvgIpc) is 2.44. The maximum atomic E-state index is 12.5. The van der Waals surface area contributed by atoms with Crippen molar-refractivity contribution in [2.45, 2.75) is 25.4 Å². The van der Waals surface area contributed by atoms with Crippen molar-refractivity contribution in [2.75, 3.05) is 25.5 Å². The number of carbonyl (C=O) groups is 1. The number of nitro groups is 1. The number of nitrogens with one attached hydrogen (secondary N) is 1. The second kappa shape index (κ2) is 5.65. The Morgan fingerprint density at radius 1 is 1.62 bits per heavy atom. The molecule has 8 nitrogen and oxygen atoms in total. The van der Waals surface area contributed by atoms with Crippen LogP contribution in [0.25, 0.3) is 0 Å². The summed E-state index contributed by atoms with van der Waals surface area (Å²) < 4.78 is 0. The van der Waals surface area contributed by atoms with Crippen molar-refractivity contribution >= 4 is 17.4 Å². The van der Waals surface area contributed by atoms with Crippen molar-refractivity contribution in [3.8, 4) is 0 Å². The van der Waals surface area contributed by atoms with Gasteiger partial charge in [0.05, 0.1) is 10.5 Å². The minimum atomic E-state index is -0.957. The molecule has 2 heterocycles. The molecule has 0 aliphatic carbocycles. The number of amides is 1. The second-order valence-electron chi connectivity index (χ2n) is 5.42. The highest BCUT2D eigenvalue weighted by Gasteiger charge is 2.34. The van der Waals surface area contributed by atoms with Gasteiger partial charge in [-0.15, -0.1) is 0 Å². The lowest BCUT2D eigenvalue weighted by atomic mass is 9.94. The number of piperidine rings is 1. The third-order valence-corrected chi connectivity index (χ3v) is 3.53. The van der Waals surface area contributed by atoms with Gasteiger partial charge in [0, 0.05) is 26.2 Å². The van der Waals surface area contributed by atoms with Gasteiger partial charge in [-0.25, -0.2) is 4.98 Å². The van der Waals surface area contributed by atoms with Crippen LogP contribution in [0.15, 0.2) is 12.3 Å². The maximum absolute atomic E-state index is 12.5. The first-order chi connectivity index (χ1) is 9.84. The highest BCUT2D eigenvalue weighted by molar-refractivity contribution is 5.98. The van der Waals surface area contributed by atoms with Gasteiger partial charge in [0.1, 0.15) is 17.6 Å². The third-order valence-electron chi connectivity index (χ3n) is 3.53. The predicted molar refractivity (Wildman–Crippen MR) is 76.2 cm³/mol. The van der Waals surface area contributed by atoms with Crippen molar-refractivity contribution < 1.29 is 14.8 Å². The lowest BCUT2D eigenvalue weighted by Crippen LogP contribution is -2.48. The van der Waals surface area contributed by atoms with E-state index in [4.69, 9.17) is 0 Å². The summed E-state index contributed by atoms with van der Waals surface area (Å²) in [4.78, 5) is 28.3. The summed E-state index contributed by atoms with van der Waals surface area (Å²) in [6.45, 7) is 2.30. The van der Waals surface area contributed by atoms with Gasteiger partial charge < -0.3 is 15.3 Å². The molecule has 0 aromatic carbocycles. The number of aliphatic hydroxyl groups is 1. The number of anilines is 1. The van der Waals surface area contributed by atoms with Gasteiger partial charge in [-0.05, 0) is 19.8 Å². The van der Waals surface area contributed by atoms with Gasteiger partial charge >= 0.3 is 0 Å². The number of nitrogens with zero attached hydrogens (tertiary/aromatic N) is 3. The highest BCUT2D eigenvalue weighted by Crippen LogP contribution is 2.26. The van der Waals surface area contributed by atoms with E-state index in [9.17, 15) is 20.0 Å². The minimum Gasteiger partial charge on any atom is -0.388 e. The normalized spacial score (nSPS) is 22.0. The molecule has 21 heavy (non-hydrogen) atoms. The van der Waals surface area contributed by atoms with E-state index in [0.29, 0.717) is 25.2 Å². The van der Waals surface area contributed by atoms with Gasteiger partial charge in [0.15, 0.2) is 0 Å². The first-order valence-electron chi connectivity index (χ1n) is 6.68. The summed E-state index contributed by atoms with van der Waals surface area (Å²) in [7, 11) is 1.62. The standard InChI is InChI=1S/C13H18N4O4/c1-13(19)4-3-5-16(8-13)12(18)9-6-11(14-2)15-7-10(9)17(20)21/h6-7,19H,3-5,8H2,1-2H3,(H,14,15). The quantitative estimate of drug-likeness (QED) is 0.636. The molecule has 0 bridgehead atoms. The van der Waals surface area contributed by atoms with Crippen LogP contribution in [0.3, 0.4) is 0 Å². The molecule has 1 aliphatic rings. The molecule has 1 unspecified atom stereocenters. The molecular formula is C13H18N4O4. The van der Waals surface area contributed by atoms with Gasteiger partial charge in [-0.2, -0.15) is 0 Å². The molecule has 0 spiro atoms. The van der Waals surface area contributed by atoms with E-state index in [1.54, 1.807) is 14.0 Å². The van der Waals surface area contributed by atoms with E-state index in [1.807, 2.05) is 0 Å². The lowest BCUT2D eigenvalue weighted by molar-refractivity contribution is -0.385. The smallest absolute Gasteiger partial charge is 0.300 e. The van der Waals surface area contributed by atoms with Gasteiger partial charge in [0.2, 0.25) is 0 Å². The number of carbonyl (C=O) groups excluding carboxylic acids is 1. The number of β-amino-alcohol motifs (C(OH)–C–C–N with tert-alkyl or cyclic N) is 1. The van der Waals surface area contributed by atoms with Crippen LogP contribution in [0.2, 0.25) is 0 Å². The summed E-state index contributed by atoms with van der Waals surface area (Å²) in [6.07, 6.45) is 2.34. The van der Waals surface area contributed by atoms with Crippen LogP contribution in [0.4, 0.5) is 11.5 Å². The molecule has 2 rings (SSSR count). The Morgan fingerprint density at radius 3 is 2.90 bits per heavy atom. The maximum Gasteiger partial charge on any atom is 0.300 e. The molecule has 114 valence electrons. The van der Waals surface area contributed by atoms with Crippen LogP contribution in [0, 0.1) is 10.1 Å². The average molecular weight is 294 g/mol. The van der Waals surface area contributed by atoms with Crippen LogP contribution < -0.4 is 5.32 Å². The first-order valence-corrected chi connectivity index (χ1v) is 6.68. The van der Waals surface area contributed by atoms with Crippen molar-refractivity contribution in [2.24, 2.45) is 0 Å². The molecule has 0 saturated carbocycles. The van der Waals surface area contributed by atoms with E-state index < -0.39 is 16.4 Å². The van der Waals surface area contributed by atoms with Crippen molar-refractivity contribution in [3.05, 3.63) is 27.9 Å². The Balaban J connectivity index is 2.35. The number of aromatic nitrogens is 1. The summed E-state index contributed by atoms with van der Waals surface area (Å²) in [5.41, 5.74) is -1.30. The Bertz CT molecular complexity index is 573. The Kier molecular flexibility index (Phi) is 4.08. The molecule has 1 fully saturated rings. The van der Waals surface area contributed by atoms with Crippen molar-refractivity contribution in [1.29, 1.82) is 0 Å². The molecule has 0 radical (unpaired) electrons. The molecule has 1 saturated heterocycles. The lowest BCUT2D eigenvalue weighted by Gasteiger charge is -2.36. The van der Waals surface area contributed by atoms with E-state index in [2.05, 4.69) is 10.3 Å². The minimum absolute atomic E-state index is 0.0166. The molecule has 1 aliphatic heterocycles. The molecule has 1 atom stereocenters. The van der Waals surface area contributed by atoms with Gasteiger partial charge in [-0.3, -0.25) is 14.9 Å². The van der Waals surface area contributed by atoms with Crippen LogP contribution >= 0.6 is 0 Å². The molecule has 1 aromatic rings. The summed E-state index contributed by atoms with van der Waals surface area (Å²) >= 11 is 0. The summed E-state index contributed by atoms with van der Waals surface area (Å²) in [5, 5.41) is 23.9. The molecule has 2 N–H and O–H groups in total. The van der Waals surface area contributed by atoms with E-state index in [0.717, 1.165) is 6.20 Å². The fourth-order valence-corrected chi connectivity index (χ4v) is 2.47. The molecule has 8 heteroatoms. The van der Waals surface area contributed by atoms with Gasteiger partial charge in [-0.1, -0.05) is 0 Å². The Morgan fingerprint density at radius 2 is 2.33 bits per heavy atom. The largest absolute Gasteiger partial charge is 0.388 e. The Hall–Kier alpha value is -2.22. The SMILES string of the molecule is CNc1cc(C(=O)N2CCCC(C)(O)C2)c([N+](=O)[O-])cn1. The van der Waals surface area contributed by atoms with Crippen LogP contribution in [0.5, 0.6) is 0 Å². The van der Waals surface area contributed by atoms with Crippen LogP contribution in [-0.2, 0) is 0 Å². The summed E-state index contributed by atoms with van der Waals surface area (Å²) in [5.74, 6) is -0.0757. The predicted octanol–water partition coefficient (Wildman–Crippen LogP) is 1.02. The first kappa shape index (κ1) is 15.2. The zero-order valence-corrected chi connectivity index (χ0v) is 12.0. The van der Waals surface area contributed by atoms with E-state index in [-0.39, 0.29) is 17.8 Å². The fraction of sp³-hybridized carbons (Fsp3) is 0.538. The molecule has 1 aromatic heterocycles. The van der Waals surface area contributed by atoms with Crippen molar-refractivity contribution in [3.63, 3.8) is 0 Å². The number of pyridine rings is 1. The number of likely N-dealkylation sites (tertiary alicyclic amines) is 1. The third kappa shape index (κ3) is 3.27. The summed E-state index contributed by atoms with van der Waals surface area (Å²) in [6, 6.07) is 1.36. The number of hydrogen-bond acceptors (Lipinski definition) is 6. The molecule has 1 amide bonds. The topological polar surface area (TPSA) is 109 Å². The molecular weight excluding hydrogens is 276 g/mol. The second-order valence-corrected chi connectivity index (χ2v) is 5.42. The van der Waals surface area contributed by atoms with E-state index in [1.165, 1.54) is 11.0 Å². The zero-order valence-electron chi connectivity index (χ0n) is 12.0.